The SMILES string of the molecule is COc1ccc(CC[NH2+]Cc2ccc(N(C)C)c([N+](=O)[O-])c2)cc1. The van der Waals surface area contributed by atoms with Crippen LogP contribution >= 0.6 is 0 Å². The molecule has 2 N–H and O–H groups in total. The molecule has 0 unspecified atom stereocenters. The third-order valence-electron chi connectivity index (χ3n) is 3.89. The number of rotatable bonds is 8. The Labute approximate surface area is 142 Å². The van der Waals surface area contributed by atoms with E-state index >= 15 is 0 Å². The molecule has 0 aliphatic heterocycles. The van der Waals surface area contributed by atoms with Crippen LogP contribution in [0.3, 0.4) is 0 Å². The maximum atomic E-state index is 11.2. The zero-order valence-electron chi connectivity index (χ0n) is 14.4. The van der Waals surface area contributed by atoms with Gasteiger partial charge in [-0.15, -0.1) is 0 Å². The third-order valence-corrected chi connectivity index (χ3v) is 3.89. The Bertz CT molecular complexity index is 684. The Morgan fingerprint density at radius 2 is 1.79 bits per heavy atom. The van der Waals surface area contributed by atoms with Crippen LogP contribution in [-0.2, 0) is 13.0 Å². The summed E-state index contributed by atoms with van der Waals surface area (Å²) in [5.74, 6) is 0.857. The van der Waals surface area contributed by atoms with Crippen LogP contribution in [0.4, 0.5) is 11.4 Å². The Morgan fingerprint density at radius 1 is 1.12 bits per heavy atom. The molecule has 128 valence electrons. The van der Waals surface area contributed by atoms with Gasteiger partial charge in [-0.05, 0) is 23.8 Å². The monoisotopic (exact) mass is 330 g/mol. The minimum atomic E-state index is -0.323. The number of quaternary nitrogens is 1. The van der Waals surface area contributed by atoms with Crippen LogP contribution in [-0.4, -0.2) is 32.7 Å². The van der Waals surface area contributed by atoms with E-state index in [1.165, 1.54) is 5.56 Å². The smallest absolute Gasteiger partial charge is 0.292 e. The molecule has 2 rings (SSSR count). The van der Waals surface area contributed by atoms with Gasteiger partial charge in [0.1, 0.15) is 18.0 Å². The van der Waals surface area contributed by atoms with Gasteiger partial charge in [0.25, 0.3) is 5.69 Å². The number of nitrogens with zero attached hydrogens (tertiary/aromatic N) is 2. The van der Waals surface area contributed by atoms with E-state index in [-0.39, 0.29) is 10.6 Å². The summed E-state index contributed by atoms with van der Waals surface area (Å²) in [6.07, 6.45) is 0.946. The summed E-state index contributed by atoms with van der Waals surface area (Å²) in [6.45, 7) is 1.65. The number of hydrogen-bond acceptors (Lipinski definition) is 4. The van der Waals surface area contributed by atoms with Crippen molar-refractivity contribution >= 4 is 11.4 Å². The zero-order valence-corrected chi connectivity index (χ0v) is 14.4. The lowest BCUT2D eigenvalue weighted by atomic mass is 10.1. The Kier molecular flexibility index (Phi) is 6.14. The molecule has 2 aromatic rings. The number of nitro groups is 1. The fourth-order valence-electron chi connectivity index (χ4n) is 2.55. The minimum absolute atomic E-state index is 0.154. The molecule has 0 amide bonds. The summed E-state index contributed by atoms with van der Waals surface area (Å²) in [5, 5.41) is 13.4. The molecule has 24 heavy (non-hydrogen) atoms. The molecule has 0 aliphatic carbocycles. The lowest BCUT2D eigenvalue weighted by Crippen LogP contribution is -2.83. The van der Waals surface area contributed by atoms with E-state index in [2.05, 4.69) is 17.4 Å². The topological polar surface area (TPSA) is 72.2 Å². The lowest BCUT2D eigenvalue weighted by Gasteiger charge is -2.13. The van der Waals surface area contributed by atoms with Crippen molar-refractivity contribution < 1.29 is 15.0 Å². The quantitative estimate of drug-likeness (QED) is 0.456. The summed E-state index contributed by atoms with van der Waals surface area (Å²) >= 11 is 0. The van der Waals surface area contributed by atoms with E-state index < -0.39 is 0 Å². The van der Waals surface area contributed by atoms with E-state index in [0.29, 0.717) is 5.69 Å². The molecule has 0 heterocycles. The van der Waals surface area contributed by atoms with E-state index in [1.54, 1.807) is 18.1 Å². The van der Waals surface area contributed by atoms with Crippen LogP contribution in [0.1, 0.15) is 11.1 Å². The molecular formula is C18H24N3O3+. The standard InChI is InChI=1S/C18H23N3O3/c1-20(2)17-9-6-15(12-18(17)21(22)23)13-19-11-10-14-4-7-16(24-3)8-5-14/h4-9,12,19H,10-11,13H2,1-3H3/p+1. The molecule has 0 spiro atoms. The molecule has 0 radical (unpaired) electrons. The second-order valence-corrected chi connectivity index (χ2v) is 5.85. The summed E-state index contributed by atoms with van der Waals surface area (Å²) in [5.41, 5.74) is 2.99. The van der Waals surface area contributed by atoms with Crippen LogP contribution in [0.5, 0.6) is 5.75 Å². The van der Waals surface area contributed by atoms with Crippen molar-refractivity contribution in [2.75, 3.05) is 32.6 Å². The number of benzene rings is 2. The van der Waals surface area contributed by atoms with Crippen molar-refractivity contribution in [1.82, 2.24) is 0 Å². The van der Waals surface area contributed by atoms with E-state index in [4.69, 9.17) is 4.74 Å². The molecule has 0 saturated heterocycles. The summed E-state index contributed by atoms with van der Waals surface area (Å²) in [7, 11) is 5.27. The summed E-state index contributed by atoms with van der Waals surface area (Å²) < 4.78 is 5.14. The van der Waals surface area contributed by atoms with Gasteiger partial charge >= 0.3 is 0 Å². The number of methoxy groups -OCH3 is 1. The van der Waals surface area contributed by atoms with Crippen LogP contribution < -0.4 is 15.0 Å². The normalized spacial score (nSPS) is 10.5. The Balaban J connectivity index is 1.89. The van der Waals surface area contributed by atoms with Gasteiger partial charge in [0.15, 0.2) is 0 Å². The molecule has 2 aromatic carbocycles. The molecule has 0 fully saturated rings. The highest BCUT2D eigenvalue weighted by atomic mass is 16.6. The molecule has 0 bridgehead atoms. The van der Waals surface area contributed by atoms with Crippen molar-refractivity contribution in [3.8, 4) is 5.75 Å². The van der Waals surface area contributed by atoms with Crippen LogP contribution in [0.25, 0.3) is 0 Å². The fraction of sp³-hybridized carbons (Fsp3) is 0.333. The first-order valence-electron chi connectivity index (χ1n) is 7.90. The van der Waals surface area contributed by atoms with Crippen molar-refractivity contribution in [2.24, 2.45) is 0 Å². The van der Waals surface area contributed by atoms with Gasteiger partial charge in [0.2, 0.25) is 0 Å². The first-order chi connectivity index (χ1) is 11.5. The van der Waals surface area contributed by atoms with Crippen LogP contribution in [0.2, 0.25) is 0 Å². The van der Waals surface area contributed by atoms with Crippen molar-refractivity contribution in [1.29, 1.82) is 0 Å². The molecule has 6 nitrogen and oxygen atoms in total. The van der Waals surface area contributed by atoms with E-state index in [0.717, 1.165) is 30.8 Å². The van der Waals surface area contributed by atoms with Gasteiger partial charge < -0.3 is 15.0 Å². The average Bonchev–Trinajstić information content (AvgIpc) is 2.59. The third kappa shape index (κ3) is 4.70. The highest BCUT2D eigenvalue weighted by molar-refractivity contribution is 5.63. The maximum Gasteiger partial charge on any atom is 0.292 e. The molecule has 0 atom stereocenters. The highest BCUT2D eigenvalue weighted by Gasteiger charge is 2.16. The molecule has 0 aromatic heterocycles. The van der Waals surface area contributed by atoms with Crippen molar-refractivity contribution in [2.45, 2.75) is 13.0 Å². The second kappa shape index (κ2) is 8.31. The van der Waals surface area contributed by atoms with E-state index in [1.807, 2.05) is 38.4 Å². The maximum absolute atomic E-state index is 11.2. The zero-order chi connectivity index (χ0) is 17.5. The number of ether oxygens (including phenoxy) is 1. The molecule has 0 aliphatic rings. The van der Waals surface area contributed by atoms with Gasteiger partial charge in [-0.3, -0.25) is 10.1 Å². The first-order valence-corrected chi connectivity index (χ1v) is 7.90. The fourth-order valence-corrected chi connectivity index (χ4v) is 2.55. The number of hydrogen-bond donors (Lipinski definition) is 1. The number of nitrogens with two attached hydrogens (primary N) is 1. The van der Waals surface area contributed by atoms with Gasteiger partial charge in [-0.1, -0.05) is 18.2 Å². The Hall–Kier alpha value is -2.60. The van der Waals surface area contributed by atoms with Crippen molar-refractivity contribution in [3.05, 3.63) is 63.7 Å². The van der Waals surface area contributed by atoms with Crippen LogP contribution in [0.15, 0.2) is 42.5 Å². The van der Waals surface area contributed by atoms with E-state index in [9.17, 15) is 10.1 Å². The first kappa shape index (κ1) is 17.7. The Morgan fingerprint density at radius 3 is 2.38 bits per heavy atom. The molecule has 0 saturated carbocycles. The molecular weight excluding hydrogens is 306 g/mol. The number of anilines is 1. The van der Waals surface area contributed by atoms with Crippen molar-refractivity contribution in [3.63, 3.8) is 0 Å². The average molecular weight is 330 g/mol. The molecule has 6 heteroatoms. The number of nitro benzene ring substituents is 1. The largest absolute Gasteiger partial charge is 0.497 e. The predicted octanol–water partition coefficient (Wildman–Crippen LogP) is 1.98. The highest BCUT2D eigenvalue weighted by Crippen LogP contribution is 2.27. The summed E-state index contributed by atoms with van der Waals surface area (Å²) in [4.78, 5) is 12.6. The lowest BCUT2D eigenvalue weighted by molar-refractivity contribution is -0.670. The van der Waals surface area contributed by atoms with Gasteiger partial charge in [0, 0.05) is 32.1 Å². The van der Waals surface area contributed by atoms with Gasteiger partial charge in [-0.2, -0.15) is 0 Å². The van der Waals surface area contributed by atoms with Gasteiger partial charge in [0.05, 0.1) is 18.6 Å². The van der Waals surface area contributed by atoms with Crippen LogP contribution in [0, 0.1) is 10.1 Å². The minimum Gasteiger partial charge on any atom is -0.497 e. The van der Waals surface area contributed by atoms with Gasteiger partial charge in [-0.25, -0.2) is 0 Å². The second-order valence-electron chi connectivity index (χ2n) is 5.85. The predicted molar refractivity (Wildman–Crippen MR) is 94.6 cm³/mol. The summed E-state index contributed by atoms with van der Waals surface area (Å²) in [6, 6.07) is 13.5.